The van der Waals surface area contributed by atoms with Crippen molar-refractivity contribution in [2.75, 3.05) is 36.4 Å². The lowest BCUT2D eigenvalue weighted by atomic mass is 9.90. The van der Waals surface area contributed by atoms with E-state index in [1.165, 1.54) is 10.5 Å². The number of alkyl halides is 2. The predicted octanol–water partition coefficient (Wildman–Crippen LogP) is 4.09. The molecular weight excluding hydrogens is 684 g/mol. The third-order valence-corrected chi connectivity index (χ3v) is 11.6. The van der Waals surface area contributed by atoms with Gasteiger partial charge < -0.3 is 19.9 Å². The monoisotopic (exact) mass is 721 g/mol. The molecule has 7 rings (SSSR count). The summed E-state index contributed by atoms with van der Waals surface area (Å²) in [4.78, 5) is 48.9. The van der Waals surface area contributed by atoms with Crippen molar-refractivity contribution in [3.63, 3.8) is 0 Å². The second kappa shape index (κ2) is 14.3. The minimum absolute atomic E-state index is 0.00911. The molecule has 268 valence electrons. The fourth-order valence-corrected chi connectivity index (χ4v) is 8.38. The summed E-state index contributed by atoms with van der Waals surface area (Å²) in [6.45, 7) is 1.95. The number of H-pyrrole nitrogens is 1. The highest BCUT2D eigenvalue weighted by atomic mass is 32.2. The third kappa shape index (κ3) is 7.56. The molecule has 0 aliphatic carbocycles. The molecule has 0 saturated carbocycles. The van der Waals surface area contributed by atoms with Gasteiger partial charge in [-0.1, -0.05) is 18.2 Å². The highest BCUT2D eigenvalue weighted by Crippen LogP contribution is 2.30. The summed E-state index contributed by atoms with van der Waals surface area (Å²) in [6.07, 6.45) is 1.75. The number of piperidine rings is 3. The number of fused-ring (bicyclic) bond motifs is 1. The van der Waals surface area contributed by atoms with Crippen LogP contribution in [0.5, 0.6) is 5.75 Å². The van der Waals surface area contributed by atoms with Crippen molar-refractivity contribution in [3.8, 4) is 5.75 Å². The maximum Gasteiger partial charge on any atom is 0.269 e. The number of pyridine rings is 1. The van der Waals surface area contributed by atoms with Crippen LogP contribution >= 0.6 is 0 Å². The van der Waals surface area contributed by atoms with E-state index in [0.29, 0.717) is 44.5 Å². The SMILES string of the molecule is O=C1CCC(c2ccc(OC3CCN(c4cccc(S(=O)(=O)N5CCC(Nc6ncc7cc(C(F)F)c(=O)[nH]c7n6)CC5)c4)CC3)cc2)C(=O)N1. The number of rotatable bonds is 9. The van der Waals surface area contributed by atoms with Gasteiger partial charge in [-0.15, -0.1) is 0 Å². The van der Waals surface area contributed by atoms with Crippen molar-refractivity contribution in [2.24, 2.45) is 0 Å². The predicted molar refractivity (Wildman–Crippen MR) is 184 cm³/mol. The van der Waals surface area contributed by atoms with Crippen LogP contribution in [0, 0.1) is 0 Å². The van der Waals surface area contributed by atoms with Crippen LogP contribution in [0.4, 0.5) is 20.4 Å². The molecular formula is C35H37F2N7O6S. The van der Waals surface area contributed by atoms with E-state index in [2.05, 4.69) is 30.5 Å². The molecule has 1 unspecified atom stereocenters. The molecule has 0 radical (unpaired) electrons. The lowest BCUT2D eigenvalue weighted by Crippen LogP contribution is -2.42. The molecule has 5 heterocycles. The van der Waals surface area contributed by atoms with E-state index in [9.17, 15) is 31.6 Å². The van der Waals surface area contributed by atoms with E-state index in [-0.39, 0.29) is 64.8 Å². The van der Waals surface area contributed by atoms with Gasteiger partial charge >= 0.3 is 0 Å². The third-order valence-electron chi connectivity index (χ3n) is 9.73. The number of anilines is 2. The number of benzene rings is 2. The van der Waals surface area contributed by atoms with Crippen molar-refractivity contribution in [2.45, 2.75) is 67.9 Å². The molecule has 3 N–H and O–H groups in total. The normalized spacial score (nSPS) is 19.7. The number of aromatic nitrogens is 3. The van der Waals surface area contributed by atoms with Crippen molar-refractivity contribution in [3.05, 3.63) is 82.3 Å². The van der Waals surface area contributed by atoms with Crippen molar-refractivity contribution in [1.82, 2.24) is 24.6 Å². The maximum atomic E-state index is 13.7. The molecule has 3 saturated heterocycles. The number of carbonyl (C=O) groups excluding carboxylic acids is 2. The van der Waals surface area contributed by atoms with Gasteiger partial charge in [0.25, 0.3) is 12.0 Å². The first kappa shape index (κ1) is 34.5. The van der Waals surface area contributed by atoms with Gasteiger partial charge in [0.05, 0.1) is 16.4 Å². The number of amides is 2. The van der Waals surface area contributed by atoms with Gasteiger partial charge in [0.1, 0.15) is 17.5 Å². The average molecular weight is 722 g/mol. The zero-order valence-corrected chi connectivity index (χ0v) is 28.4. The van der Waals surface area contributed by atoms with Crippen LogP contribution in [0.3, 0.4) is 0 Å². The van der Waals surface area contributed by atoms with Crippen LogP contribution in [0.15, 0.2) is 70.5 Å². The molecule has 13 nitrogen and oxygen atoms in total. The largest absolute Gasteiger partial charge is 0.490 e. The summed E-state index contributed by atoms with van der Waals surface area (Å²) in [5.41, 5.74) is 0.263. The van der Waals surface area contributed by atoms with Crippen LogP contribution in [0.25, 0.3) is 11.0 Å². The van der Waals surface area contributed by atoms with Crippen molar-refractivity contribution in [1.29, 1.82) is 0 Å². The highest BCUT2D eigenvalue weighted by Gasteiger charge is 2.31. The molecule has 2 aromatic carbocycles. The first-order valence-corrected chi connectivity index (χ1v) is 18.4. The number of carbonyl (C=O) groups is 2. The lowest BCUT2D eigenvalue weighted by molar-refractivity contribution is -0.134. The molecule has 2 amide bonds. The van der Waals surface area contributed by atoms with Crippen molar-refractivity contribution >= 4 is 44.5 Å². The smallest absolute Gasteiger partial charge is 0.269 e. The van der Waals surface area contributed by atoms with E-state index in [1.807, 2.05) is 30.3 Å². The Bertz CT molecular complexity index is 2100. The molecule has 2 aromatic heterocycles. The maximum absolute atomic E-state index is 13.7. The number of nitrogens with zero attached hydrogens (tertiary/aromatic N) is 4. The summed E-state index contributed by atoms with van der Waals surface area (Å²) >= 11 is 0. The number of hydrogen-bond acceptors (Lipinski definition) is 10. The molecule has 51 heavy (non-hydrogen) atoms. The summed E-state index contributed by atoms with van der Waals surface area (Å²) in [5, 5.41) is 5.85. The van der Waals surface area contributed by atoms with E-state index in [1.54, 1.807) is 18.2 Å². The molecule has 1 atom stereocenters. The van der Waals surface area contributed by atoms with Crippen LogP contribution in [-0.2, 0) is 19.6 Å². The van der Waals surface area contributed by atoms with E-state index < -0.39 is 27.6 Å². The van der Waals surface area contributed by atoms with Crippen LogP contribution in [0.1, 0.15) is 62.0 Å². The molecule has 3 aliphatic heterocycles. The standard InChI is InChI=1S/C35H37F2N7O6S/c36-31(37)29-18-22-20-38-35(42-32(22)41-34(29)47)39-23-10-16-44(17-11-23)51(48,49)27-3-1-2-24(19-27)43-14-12-26(13-15-43)50-25-6-4-21(5-7-25)28-8-9-30(45)40-33(28)46/h1-7,18-20,23,26,28,31H,8-17H2,(H,40,45,46)(H2,38,39,41,42,47). The quantitative estimate of drug-likeness (QED) is 0.214. The average Bonchev–Trinajstić information content (AvgIpc) is 3.12. The van der Waals surface area contributed by atoms with Gasteiger partial charge in [0.15, 0.2) is 0 Å². The Balaban J connectivity index is 0.912. The summed E-state index contributed by atoms with van der Waals surface area (Å²) in [5.74, 6) is 0.0772. The Labute approximate surface area is 292 Å². The van der Waals surface area contributed by atoms with Crippen LogP contribution in [0.2, 0.25) is 0 Å². The summed E-state index contributed by atoms with van der Waals surface area (Å²) in [6, 6.07) is 15.4. The number of aromatic amines is 1. The number of sulfonamides is 1. The van der Waals surface area contributed by atoms with Gasteiger partial charge in [-0.2, -0.15) is 9.29 Å². The Morgan fingerprint density at radius 2 is 1.67 bits per heavy atom. The minimum Gasteiger partial charge on any atom is -0.490 e. The van der Waals surface area contributed by atoms with Crippen LogP contribution in [-0.4, -0.2) is 77.8 Å². The van der Waals surface area contributed by atoms with Crippen LogP contribution < -0.4 is 25.8 Å². The van der Waals surface area contributed by atoms with E-state index >= 15 is 0 Å². The number of imide groups is 1. The van der Waals surface area contributed by atoms with Gasteiger partial charge in [0.2, 0.25) is 27.8 Å². The minimum atomic E-state index is -3.75. The Hall–Kier alpha value is -4.96. The second-order valence-corrected chi connectivity index (χ2v) is 15.0. The number of nitrogens with one attached hydrogen (secondary N) is 3. The van der Waals surface area contributed by atoms with Gasteiger partial charge in [-0.25, -0.2) is 22.2 Å². The number of halogens is 2. The van der Waals surface area contributed by atoms with Gasteiger partial charge in [-0.3, -0.25) is 19.7 Å². The second-order valence-electron chi connectivity index (χ2n) is 13.0. The highest BCUT2D eigenvalue weighted by molar-refractivity contribution is 7.89. The zero-order chi connectivity index (χ0) is 35.7. The molecule has 4 aromatic rings. The molecule has 3 fully saturated rings. The molecule has 16 heteroatoms. The van der Waals surface area contributed by atoms with E-state index in [0.717, 1.165) is 30.2 Å². The van der Waals surface area contributed by atoms with E-state index in [4.69, 9.17) is 4.74 Å². The Kier molecular flexibility index (Phi) is 9.70. The fraction of sp³-hybridized carbons (Fsp3) is 0.400. The molecule has 0 bridgehead atoms. The summed E-state index contributed by atoms with van der Waals surface area (Å²) < 4.78 is 61.2. The Morgan fingerprint density at radius 1 is 0.922 bits per heavy atom. The number of ether oxygens (including phenoxy) is 1. The topological polar surface area (TPSA) is 167 Å². The Morgan fingerprint density at radius 3 is 2.37 bits per heavy atom. The first-order valence-electron chi connectivity index (χ1n) is 16.9. The zero-order valence-electron chi connectivity index (χ0n) is 27.6. The molecule has 3 aliphatic rings. The van der Waals surface area contributed by atoms with Gasteiger partial charge in [-0.05, 0) is 61.2 Å². The number of hydrogen-bond donors (Lipinski definition) is 3. The van der Waals surface area contributed by atoms with Gasteiger partial charge in [0, 0.05) is 68.8 Å². The van der Waals surface area contributed by atoms with Crippen molar-refractivity contribution < 1.29 is 31.5 Å². The fourth-order valence-electron chi connectivity index (χ4n) is 6.87. The first-order chi connectivity index (χ1) is 24.5. The lowest BCUT2D eigenvalue weighted by Gasteiger charge is -2.34. The molecule has 0 spiro atoms. The summed E-state index contributed by atoms with van der Waals surface area (Å²) in [7, 11) is -3.75.